The summed E-state index contributed by atoms with van der Waals surface area (Å²) in [5.41, 5.74) is 5.79. The summed E-state index contributed by atoms with van der Waals surface area (Å²) in [6.45, 7) is 1.83. The quantitative estimate of drug-likeness (QED) is 0.126. The Bertz CT molecular complexity index is 2480. The Morgan fingerprint density at radius 3 is 1.58 bits per heavy atom. The van der Waals surface area contributed by atoms with Crippen molar-refractivity contribution >= 4 is 65.0 Å². The summed E-state index contributed by atoms with van der Waals surface area (Å²) >= 11 is 5.71. The van der Waals surface area contributed by atoms with Crippen LogP contribution in [0.5, 0.6) is 0 Å². The Labute approximate surface area is 314 Å². The van der Waals surface area contributed by atoms with Gasteiger partial charge >= 0.3 is 11.9 Å². The Morgan fingerprint density at radius 1 is 0.642 bits per heavy atom. The number of hydrogen-bond donors (Lipinski definition) is 0. The number of alkyl halides is 1. The number of sulfone groups is 2. The third kappa shape index (κ3) is 11.9. The molecule has 6 rings (SSSR count). The van der Waals surface area contributed by atoms with Crippen molar-refractivity contribution in [2.24, 2.45) is 0 Å². The Morgan fingerprint density at radius 2 is 1.11 bits per heavy atom. The number of hydrogen-bond acceptors (Lipinski definition) is 12. The van der Waals surface area contributed by atoms with Crippen molar-refractivity contribution in [1.29, 1.82) is 0 Å². The summed E-state index contributed by atoms with van der Waals surface area (Å²) in [6, 6.07) is 24.2. The van der Waals surface area contributed by atoms with Gasteiger partial charge in [-0.25, -0.2) is 36.4 Å². The molecule has 0 aliphatic carbocycles. The number of halogens is 1. The molecule has 6 aromatic rings. The molecule has 278 valence electrons. The predicted molar refractivity (Wildman–Crippen MR) is 205 cm³/mol. The number of nitrogens with zero attached hydrogens (tertiary/aromatic N) is 4. The van der Waals surface area contributed by atoms with Crippen LogP contribution in [0.3, 0.4) is 0 Å². The average molecular weight is 779 g/mol. The smallest absolute Gasteiger partial charge is 0.337 e. The second-order valence-corrected chi connectivity index (χ2v) is 15.6. The Hall–Kier alpha value is -5.31. The number of carbonyl (C=O) groups is 2. The molecule has 0 saturated carbocycles. The van der Waals surface area contributed by atoms with Gasteiger partial charge in [-0.2, -0.15) is 0 Å². The first-order chi connectivity index (χ1) is 24.6. The van der Waals surface area contributed by atoms with E-state index in [0.29, 0.717) is 34.5 Å². The maximum Gasteiger partial charge on any atom is 0.337 e. The fourth-order valence-electron chi connectivity index (χ4n) is 4.74. The number of fused-ring (bicyclic) bond motifs is 2. The summed E-state index contributed by atoms with van der Waals surface area (Å²) in [7, 11) is -3.88. The van der Waals surface area contributed by atoms with Gasteiger partial charge in [-0.3, -0.25) is 9.97 Å². The highest BCUT2D eigenvalue weighted by atomic mass is 35.5. The first kappa shape index (κ1) is 42.1. The molecule has 4 heterocycles. The van der Waals surface area contributed by atoms with Crippen LogP contribution in [-0.4, -0.2) is 75.4 Å². The van der Waals surface area contributed by atoms with Gasteiger partial charge in [0.25, 0.3) is 0 Å². The monoisotopic (exact) mass is 778 g/mol. The molecule has 2 aromatic carbocycles. The number of pyridine rings is 4. The van der Waals surface area contributed by atoms with E-state index in [-0.39, 0.29) is 23.4 Å². The normalized spacial score (nSPS) is 10.9. The highest BCUT2D eigenvalue weighted by Gasteiger charge is 2.12. The number of rotatable bonds is 7. The van der Waals surface area contributed by atoms with E-state index >= 15 is 0 Å². The minimum atomic E-state index is -3.33. The van der Waals surface area contributed by atoms with Crippen molar-refractivity contribution in [2.45, 2.75) is 36.7 Å². The van der Waals surface area contributed by atoms with Crippen LogP contribution >= 0.6 is 11.6 Å². The molecule has 0 spiro atoms. The lowest BCUT2D eigenvalue weighted by atomic mass is 10.1. The maximum atomic E-state index is 11.6. The lowest BCUT2D eigenvalue weighted by Crippen LogP contribution is -2.03. The average Bonchev–Trinajstić information content (AvgIpc) is 3.13. The van der Waals surface area contributed by atoms with Crippen LogP contribution in [0.4, 0.5) is 0 Å². The first-order valence-electron chi connectivity index (χ1n) is 15.4. The van der Waals surface area contributed by atoms with Gasteiger partial charge in [0.15, 0.2) is 29.7 Å². The molecule has 53 heavy (non-hydrogen) atoms. The van der Waals surface area contributed by atoms with E-state index in [0.717, 1.165) is 45.8 Å². The van der Waals surface area contributed by atoms with Gasteiger partial charge in [0.05, 0.1) is 36.4 Å². The van der Waals surface area contributed by atoms with E-state index in [1.54, 1.807) is 60.9 Å². The molecule has 0 aliphatic heterocycles. The summed E-state index contributed by atoms with van der Waals surface area (Å²) in [5, 5.41) is 1.89. The third-order valence-electron chi connectivity index (χ3n) is 7.31. The molecular formula is C38H39ClN4O8S2. The van der Waals surface area contributed by atoms with Gasteiger partial charge in [0.2, 0.25) is 0 Å². The van der Waals surface area contributed by atoms with Gasteiger partial charge in [-0.05, 0) is 90.8 Å². The van der Waals surface area contributed by atoms with Gasteiger partial charge < -0.3 is 9.47 Å². The van der Waals surface area contributed by atoms with Crippen LogP contribution in [-0.2, 0) is 41.4 Å². The van der Waals surface area contributed by atoms with E-state index in [2.05, 4.69) is 24.7 Å². The Balaban J connectivity index is 0.000000232. The highest BCUT2D eigenvalue weighted by molar-refractivity contribution is 7.90. The minimum Gasteiger partial charge on any atom is -0.465 e. The second-order valence-electron chi connectivity index (χ2n) is 11.4. The number of benzene rings is 2. The van der Waals surface area contributed by atoms with E-state index < -0.39 is 25.6 Å². The highest BCUT2D eigenvalue weighted by Crippen LogP contribution is 2.20. The number of ether oxygens (including phenoxy) is 2. The molecule has 0 N–H and O–H groups in total. The van der Waals surface area contributed by atoms with Crippen LogP contribution in [0.2, 0.25) is 0 Å². The van der Waals surface area contributed by atoms with Gasteiger partial charge in [-0.1, -0.05) is 19.6 Å². The molecule has 12 nitrogen and oxygen atoms in total. The van der Waals surface area contributed by atoms with Crippen molar-refractivity contribution in [3.8, 4) is 0 Å². The molecule has 0 saturated heterocycles. The number of methoxy groups -OCH3 is 2. The number of carbonyl (C=O) groups excluding carboxylic acids is 2. The molecular weight excluding hydrogens is 740 g/mol. The largest absolute Gasteiger partial charge is 0.465 e. The molecule has 15 heteroatoms. The van der Waals surface area contributed by atoms with Crippen molar-refractivity contribution in [2.75, 3.05) is 26.7 Å². The molecule has 0 aliphatic rings. The van der Waals surface area contributed by atoms with Gasteiger partial charge in [0.1, 0.15) is 0 Å². The van der Waals surface area contributed by atoms with Crippen LogP contribution < -0.4 is 0 Å². The standard InChI is InChI=1S/C18H16N2O4S.C11H10ClNO2S.C8H9NO2.CH4/c1-24-18(21)14-7-8-19-15(11-14)10-12-3-5-16-13(9-12)4-6-17(20-16)25(2,22)23;1-16(14,15)11-5-3-9-6-8(7-12)2-4-10(9)13-11;1-6-5-7(3-4-9-6)8(10)11-2;/h3-9,11H,10H2,1-2H3;2-6H,7H2,1H3;3-5H,1-2H3;1H4. The topological polar surface area (TPSA) is 172 Å². The fourth-order valence-corrected chi connectivity index (χ4v) is 6.06. The zero-order valence-electron chi connectivity index (χ0n) is 28.9. The zero-order valence-corrected chi connectivity index (χ0v) is 31.3. The Kier molecular flexibility index (Phi) is 14.7. The van der Waals surface area contributed by atoms with Crippen molar-refractivity contribution in [3.63, 3.8) is 0 Å². The molecule has 0 fully saturated rings. The number of esters is 2. The van der Waals surface area contributed by atoms with Crippen molar-refractivity contribution in [1.82, 2.24) is 19.9 Å². The van der Waals surface area contributed by atoms with Crippen LogP contribution in [0.15, 0.2) is 107 Å². The van der Waals surface area contributed by atoms with Crippen LogP contribution in [0.1, 0.15) is 50.7 Å². The molecule has 4 aromatic heterocycles. The molecule has 0 bridgehead atoms. The molecule has 0 unspecified atom stereocenters. The predicted octanol–water partition coefficient (Wildman–Crippen LogP) is 6.60. The minimum absolute atomic E-state index is 0. The SMILES string of the molecule is C.COC(=O)c1ccnc(C)c1.COC(=O)c1ccnc(Cc2ccc3nc(S(C)(=O)=O)ccc3c2)c1.CS(=O)(=O)c1ccc2cc(CCl)ccc2n1. The van der Waals surface area contributed by atoms with Gasteiger partial charge in [0, 0.05) is 59.4 Å². The molecule has 0 atom stereocenters. The van der Waals surface area contributed by atoms with Crippen LogP contribution in [0.25, 0.3) is 21.8 Å². The van der Waals surface area contributed by atoms with E-state index in [9.17, 15) is 26.4 Å². The maximum absolute atomic E-state index is 11.6. The second kappa shape index (κ2) is 18.4. The molecule has 0 amide bonds. The van der Waals surface area contributed by atoms with E-state index in [1.165, 1.54) is 26.4 Å². The van der Waals surface area contributed by atoms with Crippen molar-refractivity contribution in [3.05, 3.63) is 131 Å². The van der Waals surface area contributed by atoms with Crippen molar-refractivity contribution < 1.29 is 35.9 Å². The van der Waals surface area contributed by atoms with E-state index in [1.807, 2.05) is 31.2 Å². The molecule has 0 radical (unpaired) electrons. The van der Waals surface area contributed by atoms with Crippen LogP contribution in [0, 0.1) is 6.92 Å². The lowest BCUT2D eigenvalue weighted by Gasteiger charge is -2.06. The number of aryl methyl sites for hydroxylation is 1. The first-order valence-corrected chi connectivity index (χ1v) is 19.7. The fraction of sp³-hybridized carbons (Fsp3) is 0.211. The summed E-state index contributed by atoms with van der Waals surface area (Å²) in [6.07, 6.45) is 5.97. The van der Waals surface area contributed by atoms with E-state index in [4.69, 9.17) is 16.3 Å². The lowest BCUT2D eigenvalue weighted by molar-refractivity contribution is 0.0591. The van der Waals surface area contributed by atoms with Gasteiger partial charge in [-0.15, -0.1) is 11.6 Å². The number of aromatic nitrogens is 4. The summed E-state index contributed by atoms with van der Waals surface area (Å²) < 4.78 is 55.0. The summed E-state index contributed by atoms with van der Waals surface area (Å²) in [5.74, 6) is -0.292. The third-order valence-corrected chi connectivity index (χ3v) is 9.59. The summed E-state index contributed by atoms with van der Waals surface area (Å²) in [4.78, 5) is 39.0. The zero-order chi connectivity index (χ0) is 38.1.